The molecule has 0 bridgehead atoms. The number of benzene rings is 2. The van der Waals surface area contributed by atoms with Crippen molar-refractivity contribution in [3.63, 3.8) is 0 Å². The van der Waals surface area contributed by atoms with E-state index in [1.54, 1.807) is 0 Å². The van der Waals surface area contributed by atoms with Crippen molar-refractivity contribution in [2.45, 2.75) is 12.5 Å². The smallest absolute Gasteiger partial charge is 0.332 e. The van der Waals surface area contributed by atoms with Crippen LogP contribution in [0.5, 0.6) is 0 Å². The molecule has 3 heteroatoms. The van der Waals surface area contributed by atoms with E-state index in [9.17, 15) is 9.90 Å². The molecule has 0 spiro atoms. The number of aliphatic carboxylic acids is 1. The molecule has 1 unspecified atom stereocenters. The fraction of sp³-hybridized carbons (Fsp3) is 0.133. The van der Waals surface area contributed by atoms with Gasteiger partial charge in [0.25, 0.3) is 0 Å². The number of hydrogen-bond donors (Lipinski definition) is 2. The molecule has 92 valence electrons. The molecular weight excluding hydrogens is 228 g/mol. The van der Waals surface area contributed by atoms with E-state index in [1.165, 1.54) is 0 Å². The lowest BCUT2D eigenvalue weighted by Crippen LogP contribution is -2.21. The molecule has 0 saturated heterocycles. The first kappa shape index (κ1) is 12.3. The van der Waals surface area contributed by atoms with Crippen LogP contribution in [0.2, 0.25) is 0 Å². The normalized spacial score (nSPS) is 12.1. The summed E-state index contributed by atoms with van der Waals surface area (Å²) < 4.78 is 0. The first-order valence-electron chi connectivity index (χ1n) is 5.72. The average Bonchev–Trinajstić information content (AvgIpc) is 2.40. The summed E-state index contributed by atoms with van der Waals surface area (Å²) in [4.78, 5) is 10.6. The van der Waals surface area contributed by atoms with Gasteiger partial charge in [-0.1, -0.05) is 54.6 Å². The van der Waals surface area contributed by atoms with Gasteiger partial charge in [0, 0.05) is 6.42 Å². The Labute approximate surface area is 105 Å². The minimum Gasteiger partial charge on any atom is -0.479 e. The SMILES string of the molecule is O=C(O)C(O)Cc1cccc(-c2ccccc2)c1. The number of hydrogen-bond acceptors (Lipinski definition) is 2. The summed E-state index contributed by atoms with van der Waals surface area (Å²) in [6, 6.07) is 17.4. The lowest BCUT2D eigenvalue weighted by molar-refractivity contribution is -0.146. The molecule has 0 aromatic heterocycles. The molecule has 0 radical (unpaired) electrons. The number of carboxylic acid groups (broad SMARTS) is 1. The molecule has 1 atom stereocenters. The molecule has 2 aromatic carbocycles. The highest BCUT2D eigenvalue weighted by atomic mass is 16.4. The number of aliphatic hydroxyl groups is 1. The van der Waals surface area contributed by atoms with E-state index in [4.69, 9.17) is 5.11 Å². The highest BCUT2D eigenvalue weighted by molar-refractivity contribution is 5.72. The Morgan fingerprint density at radius 3 is 2.33 bits per heavy atom. The van der Waals surface area contributed by atoms with Crippen molar-refractivity contribution in [3.05, 3.63) is 60.2 Å². The first-order valence-corrected chi connectivity index (χ1v) is 5.72. The largest absolute Gasteiger partial charge is 0.479 e. The van der Waals surface area contributed by atoms with Crippen LogP contribution in [0.1, 0.15) is 5.56 Å². The van der Waals surface area contributed by atoms with Crippen molar-refractivity contribution in [1.82, 2.24) is 0 Å². The van der Waals surface area contributed by atoms with Crippen LogP contribution < -0.4 is 0 Å². The van der Waals surface area contributed by atoms with Gasteiger partial charge in [-0.25, -0.2) is 4.79 Å². The van der Waals surface area contributed by atoms with Gasteiger partial charge in [-0.05, 0) is 16.7 Å². The van der Waals surface area contributed by atoms with Crippen LogP contribution in [-0.2, 0) is 11.2 Å². The summed E-state index contributed by atoms with van der Waals surface area (Å²) >= 11 is 0. The molecule has 0 aliphatic heterocycles. The van der Waals surface area contributed by atoms with Crippen molar-refractivity contribution in [3.8, 4) is 11.1 Å². The van der Waals surface area contributed by atoms with E-state index in [2.05, 4.69) is 0 Å². The third-order valence-corrected chi connectivity index (χ3v) is 2.75. The van der Waals surface area contributed by atoms with Crippen LogP contribution in [0.25, 0.3) is 11.1 Å². The minimum atomic E-state index is -1.35. The van der Waals surface area contributed by atoms with Crippen molar-refractivity contribution in [1.29, 1.82) is 0 Å². The lowest BCUT2D eigenvalue weighted by Gasteiger charge is -2.08. The predicted octanol–water partition coefficient (Wildman–Crippen LogP) is 2.34. The second-order valence-electron chi connectivity index (χ2n) is 4.12. The van der Waals surface area contributed by atoms with E-state index in [1.807, 2.05) is 54.6 Å². The molecule has 18 heavy (non-hydrogen) atoms. The molecular formula is C15H14O3. The molecule has 0 heterocycles. The molecule has 2 aromatic rings. The standard InChI is InChI=1S/C15H14O3/c16-14(15(17)18)10-11-5-4-8-13(9-11)12-6-2-1-3-7-12/h1-9,14,16H,10H2,(H,17,18). The van der Waals surface area contributed by atoms with Crippen molar-refractivity contribution >= 4 is 5.97 Å². The monoisotopic (exact) mass is 242 g/mol. The van der Waals surface area contributed by atoms with E-state index in [-0.39, 0.29) is 6.42 Å². The van der Waals surface area contributed by atoms with Crippen molar-refractivity contribution in [2.75, 3.05) is 0 Å². The molecule has 0 amide bonds. The molecule has 2 N–H and O–H groups in total. The maximum Gasteiger partial charge on any atom is 0.332 e. The van der Waals surface area contributed by atoms with Crippen molar-refractivity contribution < 1.29 is 15.0 Å². The van der Waals surface area contributed by atoms with Gasteiger partial charge in [0.15, 0.2) is 6.10 Å². The lowest BCUT2D eigenvalue weighted by atomic mass is 10.0. The second-order valence-corrected chi connectivity index (χ2v) is 4.12. The van der Waals surface area contributed by atoms with E-state index in [0.29, 0.717) is 0 Å². The van der Waals surface area contributed by atoms with Gasteiger partial charge >= 0.3 is 5.97 Å². The maximum absolute atomic E-state index is 10.6. The Hall–Kier alpha value is -2.13. The zero-order valence-electron chi connectivity index (χ0n) is 9.78. The fourth-order valence-electron chi connectivity index (χ4n) is 1.82. The Morgan fingerprint density at radius 1 is 1.00 bits per heavy atom. The Balaban J connectivity index is 2.23. The van der Waals surface area contributed by atoms with Crippen LogP contribution >= 0.6 is 0 Å². The summed E-state index contributed by atoms with van der Waals surface area (Å²) in [5, 5.41) is 18.0. The van der Waals surface area contributed by atoms with Gasteiger partial charge in [0.2, 0.25) is 0 Å². The average molecular weight is 242 g/mol. The molecule has 3 nitrogen and oxygen atoms in total. The summed E-state index contributed by atoms with van der Waals surface area (Å²) in [6.45, 7) is 0. The van der Waals surface area contributed by atoms with Crippen LogP contribution in [0.3, 0.4) is 0 Å². The van der Waals surface area contributed by atoms with Gasteiger partial charge in [-0.3, -0.25) is 0 Å². The summed E-state index contributed by atoms with van der Waals surface area (Å²) in [5.74, 6) is -1.19. The van der Waals surface area contributed by atoms with Gasteiger partial charge in [0.1, 0.15) is 0 Å². The number of carboxylic acids is 1. The highest BCUT2D eigenvalue weighted by Crippen LogP contribution is 2.20. The fourth-order valence-corrected chi connectivity index (χ4v) is 1.82. The number of carbonyl (C=O) groups is 1. The third-order valence-electron chi connectivity index (χ3n) is 2.75. The van der Waals surface area contributed by atoms with Gasteiger partial charge in [-0.15, -0.1) is 0 Å². The minimum absolute atomic E-state index is 0.121. The Bertz CT molecular complexity index is 534. The number of aliphatic hydroxyl groups excluding tert-OH is 1. The quantitative estimate of drug-likeness (QED) is 0.865. The van der Waals surface area contributed by atoms with E-state index < -0.39 is 12.1 Å². The first-order chi connectivity index (χ1) is 8.66. The van der Waals surface area contributed by atoms with Gasteiger partial charge in [0.05, 0.1) is 0 Å². The summed E-state index contributed by atoms with van der Waals surface area (Å²) in [6.07, 6.45) is -1.23. The topological polar surface area (TPSA) is 57.5 Å². The summed E-state index contributed by atoms with van der Waals surface area (Å²) in [7, 11) is 0. The van der Waals surface area contributed by atoms with Gasteiger partial charge in [-0.2, -0.15) is 0 Å². The molecule has 2 rings (SSSR count). The predicted molar refractivity (Wildman–Crippen MR) is 69.2 cm³/mol. The van der Waals surface area contributed by atoms with Crippen LogP contribution in [0, 0.1) is 0 Å². The van der Waals surface area contributed by atoms with Crippen LogP contribution in [0.4, 0.5) is 0 Å². The van der Waals surface area contributed by atoms with E-state index >= 15 is 0 Å². The zero-order chi connectivity index (χ0) is 13.0. The molecule has 0 aliphatic rings. The van der Waals surface area contributed by atoms with E-state index in [0.717, 1.165) is 16.7 Å². The van der Waals surface area contributed by atoms with Crippen LogP contribution in [-0.4, -0.2) is 22.3 Å². The second kappa shape index (κ2) is 5.47. The summed E-state index contributed by atoms with van der Waals surface area (Å²) in [5.41, 5.74) is 2.90. The Kier molecular flexibility index (Phi) is 3.75. The molecule has 0 saturated carbocycles. The third kappa shape index (κ3) is 2.96. The molecule has 0 fully saturated rings. The maximum atomic E-state index is 10.6. The van der Waals surface area contributed by atoms with Crippen molar-refractivity contribution in [2.24, 2.45) is 0 Å². The number of rotatable bonds is 4. The molecule has 0 aliphatic carbocycles. The zero-order valence-corrected chi connectivity index (χ0v) is 9.78. The van der Waals surface area contributed by atoms with Gasteiger partial charge < -0.3 is 10.2 Å². The highest BCUT2D eigenvalue weighted by Gasteiger charge is 2.13. The Morgan fingerprint density at radius 2 is 1.67 bits per heavy atom. The van der Waals surface area contributed by atoms with Crippen LogP contribution in [0.15, 0.2) is 54.6 Å².